The maximum atomic E-state index is 8.56. The van der Waals surface area contributed by atoms with Gasteiger partial charge in [-0.25, -0.2) is 4.68 Å². The van der Waals surface area contributed by atoms with Crippen molar-refractivity contribution in [2.24, 2.45) is 5.10 Å². The quantitative estimate of drug-likeness (QED) is 0.778. The van der Waals surface area contributed by atoms with Crippen LogP contribution in [0.5, 0.6) is 11.5 Å². The molecule has 20 heavy (non-hydrogen) atoms. The summed E-state index contributed by atoms with van der Waals surface area (Å²) in [4.78, 5) is 0. The standard InChI is InChI=1S/C12H10BrN5O2/c1-19-11-5-9(6-17-18-7-15-16-8-18)4-10(13)12(11)20-3-2-14/h4-8H,3H2,1H3. The second-order valence-electron chi connectivity index (χ2n) is 3.57. The van der Waals surface area contributed by atoms with Gasteiger partial charge < -0.3 is 9.47 Å². The van der Waals surface area contributed by atoms with Crippen LogP contribution < -0.4 is 9.47 Å². The highest BCUT2D eigenvalue weighted by atomic mass is 79.9. The Bertz CT molecular complexity index is 649. The predicted octanol–water partition coefficient (Wildman–Crippen LogP) is 1.83. The third kappa shape index (κ3) is 3.33. The number of benzene rings is 1. The van der Waals surface area contributed by atoms with Crippen LogP contribution in [0.4, 0.5) is 0 Å². The molecular formula is C12H10BrN5O2. The van der Waals surface area contributed by atoms with Crippen LogP contribution in [0.2, 0.25) is 0 Å². The number of nitriles is 1. The third-order valence-corrected chi connectivity index (χ3v) is 2.87. The second-order valence-corrected chi connectivity index (χ2v) is 4.42. The van der Waals surface area contributed by atoms with Crippen molar-refractivity contribution in [3.8, 4) is 17.6 Å². The Morgan fingerprint density at radius 3 is 2.85 bits per heavy atom. The lowest BCUT2D eigenvalue weighted by Gasteiger charge is -2.11. The molecule has 1 aromatic heterocycles. The summed E-state index contributed by atoms with van der Waals surface area (Å²) < 4.78 is 12.7. The maximum absolute atomic E-state index is 8.56. The van der Waals surface area contributed by atoms with E-state index in [1.54, 1.807) is 12.3 Å². The number of rotatable bonds is 5. The van der Waals surface area contributed by atoms with Crippen LogP contribution in [0.15, 0.2) is 34.4 Å². The summed E-state index contributed by atoms with van der Waals surface area (Å²) >= 11 is 3.38. The van der Waals surface area contributed by atoms with Crippen LogP contribution in [-0.2, 0) is 0 Å². The van der Waals surface area contributed by atoms with Crippen molar-refractivity contribution in [1.82, 2.24) is 14.9 Å². The Morgan fingerprint density at radius 2 is 2.20 bits per heavy atom. The molecule has 0 amide bonds. The van der Waals surface area contributed by atoms with Crippen molar-refractivity contribution in [2.45, 2.75) is 0 Å². The minimum Gasteiger partial charge on any atom is -0.493 e. The molecule has 0 spiro atoms. The van der Waals surface area contributed by atoms with Gasteiger partial charge in [0, 0.05) is 0 Å². The molecule has 102 valence electrons. The fourth-order valence-electron chi connectivity index (χ4n) is 1.45. The van der Waals surface area contributed by atoms with Gasteiger partial charge in [0.25, 0.3) is 0 Å². The molecule has 0 saturated carbocycles. The molecule has 1 aromatic carbocycles. The summed E-state index contributed by atoms with van der Waals surface area (Å²) in [6.07, 6.45) is 4.59. The monoisotopic (exact) mass is 335 g/mol. The third-order valence-electron chi connectivity index (χ3n) is 2.28. The van der Waals surface area contributed by atoms with Crippen molar-refractivity contribution < 1.29 is 9.47 Å². The van der Waals surface area contributed by atoms with Crippen LogP contribution >= 0.6 is 15.9 Å². The van der Waals surface area contributed by atoms with Crippen LogP contribution in [0.1, 0.15) is 5.56 Å². The highest BCUT2D eigenvalue weighted by molar-refractivity contribution is 9.10. The van der Waals surface area contributed by atoms with Gasteiger partial charge >= 0.3 is 0 Å². The number of aromatic nitrogens is 3. The van der Waals surface area contributed by atoms with Gasteiger partial charge in [0.2, 0.25) is 0 Å². The van der Waals surface area contributed by atoms with Gasteiger partial charge in [-0.3, -0.25) is 0 Å². The highest BCUT2D eigenvalue weighted by Gasteiger charge is 2.10. The van der Waals surface area contributed by atoms with Gasteiger partial charge in [-0.1, -0.05) is 0 Å². The summed E-state index contributed by atoms with van der Waals surface area (Å²) in [5, 5.41) is 20.0. The van der Waals surface area contributed by atoms with Crippen molar-refractivity contribution in [1.29, 1.82) is 5.26 Å². The van der Waals surface area contributed by atoms with Crippen molar-refractivity contribution in [3.05, 3.63) is 34.8 Å². The molecule has 0 atom stereocenters. The van der Waals surface area contributed by atoms with E-state index < -0.39 is 0 Å². The van der Waals surface area contributed by atoms with Crippen molar-refractivity contribution >= 4 is 22.1 Å². The Hall–Kier alpha value is -2.40. The lowest BCUT2D eigenvalue weighted by molar-refractivity contribution is 0.327. The SMILES string of the molecule is COc1cc(C=Nn2cnnc2)cc(Br)c1OCC#N. The zero-order valence-corrected chi connectivity index (χ0v) is 12.1. The molecule has 0 aliphatic carbocycles. The smallest absolute Gasteiger partial charge is 0.176 e. The number of methoxy groups -OCH3 is 1. The van der Waals surface area contributed by atoms with E-state index in [4.69, 9.17) is 14.7 Å². The van der Waals surface area contributed by atoms with Crippen LogP contribution in [0, 0.1) is 11.3 Å². The zero-order chi connectivity index (χ0) is 14.4. The van der Waals surface area contributed by atoms with Gasteiger partial charge in [0.1, 0.15) is 18.7 Å². The maximum Gasteiger partial charge on any atom is 0.176 e. The summed E-state index contributed by atoms with van der Waals surface area (Å²) in [5.41, 5.74) is 0.798. The molecule has 0 unspecified atom stereocenters. The lowest BCUT2D eigenvalue weighted by Crippen LogP contribution is -1.99. The average Bonchev–Trinajstić information content (AvgIpc) is 2.96. The van der Waals surface area contributed by atoms with Gasteiger partial charge in [0.15, 0.2) is 18.1 Å². The van der Waals surface area contributed by atoms with E-state index in [-0.39, 0.29) is 6.61 Å². The summed E-state index contributed by atoms with van der Waals surface area (Å²) in [7, 11) is 1.53. The Labute approximate surface area is 123 Å². The minimum absolute atomic E-state index is 0.0525. The first-order valence-corrected chi connectivity index (χ1v) is 6.30. The number of hydrogen-bond acceptors (Lipinski definition) is 6. The summed E-state index contributed by atoms with van der Waals surface area (Å²) in [6.45, 7) is -0.0525. The first kappa shape index (κ1) is 14.0. The largest absolute Gasteiger partial charge is 0.493 e. The molecule has 7 nitrogen and oxygen atoms in total. The Morgan fingerprint density at radius 1 is 1.45 bits per heavy atom. The number of ether oxygens (including phenoxy) is 2. The van der Waals surface area contributed by atoms with E-state index in [2.05, 4.69) is 31.2 Å². The molecule has 0 bridgehead atoms. The molecule has 8 heteroatoms. The topological polar surface area (TPSA) is 85.3 Å². The van der Waals surface area contributed by atoms with E-state index in [0.29, 0.717) is 16.0 Å². The minimum atomic E-state index is -0.0525. The molecule has 0 N–H and O–H groups in total. The first-order chi connectivity index (χ1) is 9.74. The van der Waals surface area contributed by atoms with Crippen LogP contribution in [-0.4, -0.2) is 34.8 Å². The number of nitrogens with zero attached hydrogens (tertiary/aromatic N) is 5. The molecular weight excluding hydrogens is 326 g/mol. The molecule has 2 aromatic rings. The molecule has 0 radical (unpaired) electrons. The van der Waals surface area contributed by atoms with Gasteiger partial charge in [-0.15, -0.1) is 10.2 Å². The molecule has 2 rings (SSSR count). The second kappa shape index (κ2) is 6.68. The van der Waals surface area contributed by atoms with E-state index >= 15 is 0 Å². The number of hydrogen-bond donors (Lipinski definition) is 0. The first-order valence-electron chi connectivity index (χ1n) is 5.51. The van der Waals surface area contributed by atoms with Crippen molar-refractivity contribution in [3.63, 3.8) is 0 Å². The fourth-order valence-corrected chi connectivity index (χ4v) is 2.02. The molecule has 0 aliphatic rings. The van der Waals surface area contributed by atoms with Gasteiger partial charge in [-0.2, -0.15) is 10.4 Å². The fraction of sp³-hybridized carbons (Fsp3) is 0.167. The summed E-state index contributed by atoms with van der Waals surface area (Å²) in [5.74, 6) is 0.996. The van der Waals surface area contributed by atoms with Crippen LogP contribution in [0.25, 0.3) is 0 Å². The normalized spacial score (nSPS) is 10.4. The van der Waals surface area contributed by atoms with E-state index in [1.165, 1.54) is 24.4 Å². The Balaban J connectivity index is 2.28. The molecule has 0 saturated heterocycles. The van der Waals surface area contributed by atoms with E-state index in [1.807, 2.05) is 12.1 Å². The van der Waals surface area contributed by atoms with Gasteiger partial charge in [0.05, 0.1) is 17.8 Å². The molecule has 0 aliphatic heterocycles. The van der Waals surface area contributed by atoms with E-state index in [0.717, 1.165) is 5.56 Å². The van der Waals surface area contributed by atoms with Crippen LogP contribution in [0.3, 0.4) is 0 Å². The lowest BCUT2D eigenvalue weighted by atomic mass is 10.2. The summed E-state index contributed by atoms with van der Waals surface area (Å²) in [6, 6.07) is 5.47. The number of halogens is 1. The van der Waals surface area contributed by atoms with Crippen molar-refractivity contribution in [2.75, 3.05) is 13.7 Å². The van der Waals surface area contributed by atoms with E-state index in [9.17, 15) is 0 Å². The molecule has 1 heterocycles. The zero-order valence-electron chi connectivity index (χ0n) is 10.5. The predicted molar refractivity (Wildman–Crippen MR) is 74.8 cm³/mol. The van der Waals surface area contributed by atoms with Gasteiger partial charge in [-0.05, 0) is 33.6 Å². The average molecular weight is 336 g/mol. The Kier molecular flexibility index (Phi) is 4.68. The molecule has 0 fully saturated rings. The highest BCUT2D eigenvalue weighted by Crippen LogP contribution is 2.36.